The molecule has 0 bridgehead atoms. The Kier molecular flexibility index (Phi) is 5.81. The molecule has 30 heavy (non-hydrogen) atoms. The fraction of sp³-hybridized carbons (Fsp3) is 0.261. The van der Waals surface area contributed by atoms with Crippen molar-refractivity contribution in [2.45, 2.75) is 13.3 Å². The van der Waals surface area contributed by atoms with E-state index in [0.717, 1.165) is 34.8 Å². The number of hydrogen-bond acceptors (Lipinski definition) is 6. The number of pyridine rings is 1. The van der Waals surface area contributed by atoms with E-state index >= 15 is 0 Å². The molecular weight excluding hydrogens is 396 g/mol. The number of ketones is 1. The van der Waals surface area contributed by atoms with Crippen molar-refractivity contribution >= 4 is 34.4 Å². The molecule has 3 aromatic rings. The molecular formula is C23H24N4O2S. The van der Waals surface area contributed by atoms with Crippen LogP contribution in [-0.2, 0) is 11.2 Å². The zero-order chi connectivity index (χ0) is 21.1. The third-order valence-electron chi connectivity index (χ3n) is 5.42. The number of piperazine rings is 1. The van der Waals surface area contributed by atoms with E-state index in [1.807, 2.05) is 40.6 Å². The zero-order valence-electron chi connectivity index (χ0n) is 16.9. The molecule has 154 valence electrons. The lowest BCUT2D eigenvalue weighted by molar-refractivity contribution is -0.129. The van der Waals surface area contributed by atoms with Crippen molar-refractivity contribution in [2.24, 2.45) is 0 Å². The largest absolute Gasteiger partial charge is 0.398 e. The van der Waals surface area contributed by atoms with Gasteiger partial charge < -0.3 is 15.5 Å². The van der Waals surface area contributed by atoms with E-state index in [2.05, 4.69) is 16.0 Å². The molecule has 6 nitrogen and oxygen atoms in total. The summed E-state index contributed by atoms with van der Waals surface area (Å²) in [5.74, 6) is 0.0501. The molecule has 1 aromatic carbocycles. The summed E-state index contributed by atoms with van der Waals surface area (Å²) >= 11 is 1.66. The van der Waals surface area contributed by atoms with Crippen LogP contribution in [0.2, 0.25) is 0 Å². The molecule has 1 aliphatic rings. The Morgan fingerprint density at radius 1 is 1.10 bits per heavy atom. The molecule has 2 aromatic heterocycles. The third kappa shape index (κ3) is 4.36. The molecule has 4 rings (SSSR count). The molecule has 0 spiro atoms. The van der Waals surface area contributed by atoms with E-state index in [0.29, 0.717) is 24.5 Å². The number of nitrogen functional groups attached to an aromatic ring is 1. The van der Waals surface area contributed by atoms with E-state index < -0.39 is 0 Å². The monoisotopic (exact) mass is 420 g/mol. The maximum atomic E-state index is 12.8. The van der Waals surface area contributed by atoms with Gasteiger partial charge in [-0.05, 0) is 46.8 Å². The number of anilines is 2. The Hall–Kier alpha value is -3.19. The van der Waals surface area contributed by atoms with Gasteiger partial charge in [-0.3, -0.25) is 14.6 Å². The Morgan fingerprint density at radius 2 is 1.90 bits per heavy atom. The van der Waals surface area contributed by atoms with Gasteiger partial charge in [-0.1, -0.05) is 12.1 Å². The Balaban J connectivity index is 1.43. The summed E-state index contributed by atoms with van der Waals surface area (Å²) in [4.78, 5) is 33.8. The second-order valence-electron chi connectivity index (χ2n) is 7.39. The maximum absolute atomic E-state index is 12.8. The van der Waals surface area contributed by atoms with Gasteiger partial charge in [-0.15, -0.1) is 11.3 Å². The van der Waals surface area contributed by atoms with Gasteiger partial charge >= 0.3 is 0 Å². The van der Waals surface area contributed by atoms with Gasteiger partial charge in [0.1, 0.15) is 5.69 Å². The van der Waals surface area contributed by atoms with Crippen molar-refractivity contribution in [3.8, 4) is 10.4 Å². The summed E-state index contributed by atoms with van der Waals surface area (Å²) in [7, 11) is 0. The quantitative estimate of drug-likeness (QED) is 0.505. The number of amides is 1. The smallest absolute Gasteiger partial charge is 0.219 e. The number of carbonyl (C=O) groups excluding carboxylic acids is 2. The van der Waals surface area contributed by atoms with Crippen molar-refractivity contribution in [3.63, 3.8) is 0 Å². The standard InChI is InChI=1S/C23H24N4O2S/c1-16(28)26-8-10-27(11-9-26)19-5-7-21(25-15-19)22(29)14-18-13-17(4-6-20(18)24)23-3-2-12-30-23/h2-7,12-13,15H,8-11,14,24H2,1H3. The van der Waals surface area contributed by atoms with Crippen LogP contribution >= 0.6 is 11.3 Å². The predicted octanol–water partition coefficient (Wildman–Crippen LogP) is 3.49. The number of Topliss-reactive ketones (excluding diaryl/α,β-unsaturated/α-hetero) is 1. The molecule has 7 heteroatoms. The van der Waals surface area contributed by atoms with Crippen molar-refractivity contribution < 1.29 is 9.59 Å². The van der Waals surface area contributed by atoms with E-state index in [9.17, 15) is 9.59 Å². The van der Waals surface area contributed by atoms with Gasteiger partial charge in [0.05, 0.1) is 11.9 Å². The highest BCUT2D eigenvalue weighted by atomic mass is 32.1. The second kappa shape index (κ2) is 8.67. The molecule has 0 radical (unpaired) electrons. The van der Waals surface area contributed by atoms with Crippen LogP contribution in [-0.4, -0.2) is 47.8 Å². The highest BCUT2D eigenvalue weighted by molar-refractivity contribution is 7.13. The molecule has 1 fully saturated rings. The van der Waals surface area contributed by atoms with E-state index in [4.69, 9.17) is 5.73 Å². The average Bonchev–Trinajstić information content (AvgIpc) is 3.30. The summed E-state index contributed by atoms with van der Waals surface area (Å²) in [6, 6.07) is 13.6. The van der Waals surface area contributed by atoms with Crippen LogP contribution in [0.3, 0.4) is 0 Å². The van der Waals surface area contributed by atoms with Crippen LogP contribution in [0.1, 0.15) is 23.0 Å². The van der Waals surface area contributed by atoms with E-state index in [-0.39, 0.29) is 18.1 Å². The fourth-order valence-corrected chi connectivity index (χ4v) is 4.36. The van der Waals surface area contributed by atoms with Gasteiger partial charge in [-0.25, -0.2) is 0 Å². The lowest BCUT2D eigenvalue weighted by Gasteiger charge is -2.35. The topological polar surface area (TPSA) is 79.5 Å². The minimum Gasteiger partial charge on any atom is -0.398 e. The number of nitrogens with zero attached hydrogens (tertiary/aromatic N) is 3. The van der Waals surface area contributed by atoms with Crippen molar-refractivity contribution in [1.29, 1.82) is 0 Å². The third-order valence-corrected chi connectivity index (χ3v) is 6.34. The van der Waals surface area contributed by atoms with E-state index in [1.165, 1.54) is 0 Å². The molecule has 1 aliphatic heterocycles. The molecule has 3 heterocycles. The number of carbonyl (C=O) groups is 2. The van der Waals surface area contributed by atoms with Gasteiger partial charge in [0.15, 0.2) is 5.78 Å². The molecule has 1 saturated heterocycles. The Bertz CT molecular complexity index is 1040. The normalized spacial score (nSPS) is 14.0. The first-order chi connectivity index (χ1) is 14.5. The minimum atomic E-state index is -0.0574. The van der Waals surface area contributed by atoms with Crippen LogP contribution in [0.15, 0.2) is 54.0 Å². The number of aromatic nitrogens is 1. The van der Waals surface area contributed by atoms with Crippen LogP contribution in [0.4, 0.5) is 11.4 Å². The molecule has 0 unspecified atom stereocenters. The average molecular weight is 421 g/mol. The summed E-state index contributed by atoms with van der Waals surface area (Å²) in [6.07, 6.45) is 1.96. The maximum Gasteiger partial charge on any atom is 0.219 e. The summed E-state index contributed by atoms with van der Waals surface area (Å²) in [5.41, 5.74) is 10.0. The van der Waals surface area contributed by atoms with Gasteiger partial charge in [0.25, 0.3) is 0 Å². The van der Waals surface area contributed by atoms with Crippen molar-refractivity contribution in [3.05, 3.63) is 65.3 Å². The first-order valence-electron chi connectivity index (χ1n) is 9.93. The lowest BCUT2D eigenvalue weighted by atomic mass is 10.0. The SMILES string of the molecule is CC(=O)N1CCN(c2ccc(C(=O)Cc3cc(-c4cccs4)ccc3N)nc2)CC1. The first kappa shape index (κ1) is 20.1. The summed E-state index contributed by atoms with van der Waals surface area (Å²) in [5, 5.41) is 2.03. The van der Waals surface area contributed by atoms with Crippen LogP contribution in [0, 0.1) is 0 Å². The zero-order valence-corrected chi connectivity index (χ0v) is 17.7. The van der Waals surface area contributed by atoms with Gasteiger partial charge in [-0.2, -0.15) is 0 Å². The molecule has 0 aliphatic carbocycles. The minimum absolute atomic E-state index is 0.0574. The Morgan fingerprint density at radius 3 is 2.53 bits per heavy atom. The number of nitrogens with two attached hydrogens (primary N) is 1. The second-order valence-corrected chi connectivity index (χ2v) is 8.33. The van der Waals surface area contributed by atoms with Crippen LogP contribution in [0.25, 0.3) is 10.4 Å². The first-order valence-corrected chi connectivity index (χ1v) is 10.8. The Labute approximate surface area is 180 Å². The summed E-state index contributed by atoms with van der Waals surface area (Å²) in [6.45, 7) is 4.54. The highest BCUT2D eigenvalue weighted by Gasteiger charge is 2.19. The van der Waals surface area contributed by atoms with Gasteiger partial charge in [0, 0.05) is 50.1 Å². The predicted molar refractivity (Wildman–Crippen MR) is 121 cm³/mol. The number of rotatable bonds is 5. The van der Waals surface area contributed by atoms with Crippen LogP contribution < -0.4 is 10.6 Å². The molecule has 0 saturated carbocycles. The van der Waals surface area contributed by atoms with Crippen molar-refractivity contribution in [2.75, 3.05) is 36.8 Å². The number of thiophene rings is 1. The van der Waals surface area contributed by atoms with Crippen LogP contribution in [0.5, 0.6) is 0 Å². The lowest BCUT2D eigenvalue weighted by Crippen LogP contribution is -2.48. The number of hydrogen-bond donors (Lipinski definition) is 1. The van der Waals surface area contributed by atoms with Crippen molar-refractivity contribution in [1.82, 2.24) is 9.88 Å². The number of benzene rings is 1. The summed E-state index contributed by atoms with van der Waals surface area (Å²) < 4.78 is 0. The molecule has 0 atom stereocenters. The molecule has 1 amide bonds. The van der Waals surface area contributed by atoms with E-state index in [1.54, 1.807) is 30.5 Å². The van der Waals surface area contributed by atoms with Gasteiger partial charge in [0.2, 0.25) is 5.91 Å². The highest BCUT2D eigenvalue weighted by Crippen LogP contribution is 2.28. The fourth-order valence-electron chi connectivity index (χ4n) is 3.64. The molecule has 2 N–H and O–H groups in total.